The minimum atomic E-state index is -4.66. The Kier molecular flexibility index (Phi) is 4.45. The van der Waals surface area contributed by atoms with E-state index in [1.807, 2.05) is 0 Å². The lowest BCUT2D eigenvalue weighted by atomic mass is 9.79. The number of anilines is 1. The summed E-state index contributed by atoms with van der Waals surface area (Å²) in [5.74, 6) is 1.10. The van der Waals surface area contributed by atoms with E-state index in [1.54, 1.807) is 12.1 Å². The summed E-state index contributed by atoms with van der Waals surface area (Å²) in [6.07, 6.45) is -1.61. The van der Waals surface area contributed by atoms with Crippen molar-refractivity contribution in [3.8, 4) is 5.75 Å². The number of benzene rings is 1. The molecule has 0 saturated heterocycles. The summed E-state index contributed by atoms with van der Waals surface area (Å²) >= 11 is 0. The molecule has 1 aliphatic rings. The maximum absolute atomic E-state index is 12.4. The molecule has 3 atom stereocenters. The van der Waals surface area contributed by atoms with E-state index in [0.29, 0.717) is 17.5 Å². The highest BCUT2D eigenvalue weighted by molar-refractivity contribution is 5.56. The van der Waals surface area contributed by atoms with Crippen LogP contribution in [-0.4, -0.2) is 12.4 Å². The second kappa shape index (κ2) is 5.94. The van der Waals surface area contributed by atoms with Gasteiger partial charge in [-0.25, -0.2) is 0 Å². The Morgan fingerprint density at radius 2 is 1.80 bits per heavy atom. The van der Waals surface area contributed by atoms with Gasteiger partial charge in [-0.3, -0.25) is 0 Å². The highest BCUT2D eigenvalue weighted by Crippen LogP contribution is 2.34. The first-order valence-electron chi connectivity index (χ1n) is 6.96. The molecule has 1 aromatic carbocycles. The zero-order valence-corrected chi connectivity index (χ0v) is 11.7. The van der Waals surface area contributed by atoms with Crippen molar-refractivity contribution >= 4 is 5.69 Å². The fourth-order valence-electron chi connectivity index (χ4n) is 2.70. The molecule has 3 unspecified atom stereocenters. The number of nitrogens with one attached hydrogen (secondary N) is 1. The van der Waals surface area contributed by atoms with Gasteiger partial charge in [0, 0.05) is 6.04 Å². The number of ether oxygens (including phenoxy) is 1. The van der Waals surface area contributed by atoms with Crippen LogP contribution in [-0.2, 0) is 0 Å². The molecule has 1 aliphatic carbocycles. The van der Waals surface area contributed by atoms with Gasteiger partial charge in [-0.1, -0.05) is 26.0 Å². The zero-order valence-electron chi connectivity index (χ0n) is 11.7. The summed E-state index contributed by atoms with van der Waals surface area (Å²) < 4.78 is 41.1. The van der Waals surface area contributed by atoms with Crippen LogP contribution in [0.5, 0.6) is 5.75 Å². The summed E-state index contributed by atoms with van der Waals surface area (Å²) in [4.78, 5) is 0. The molecule has 0 radical (unpaired) electrons. The van der Waals surface area contributed by atoms with Gasteiger partial charge in [0.15, 0.2) is 5.75 Å². The summed E-state index contributed by atoms with van der Waals surface area (Å²) in [7, 11) is 0. The van der Waals surface area contributed by atoms with E-state index in [0.717, 1.165) is 19.3 Å². The van der Waals surface area contributed by atoms with Gasteiger partial charge >= 0.3 is 6.36 Å². The van der Waals surface area contributed by atoms with E-state index >= 15 is 0 Å². The van der Waals surface area contributed by atoms with E-state index in [4.69, 9.17) is 0 Å². The molecule has 0 heterocycles. The molecule has 0 aliphatic heterocycles. The number of hydrogen-bond acceptors (Lipinski definition) is 2. The maximum atomic E-state index is 12.4. The molecular formula is C15H20F3NO. The minimum Gasteiger partial charge on any atom is -0.404 e. The fraction of sp³-hybridized carbons (Fsp3) is 0.600. The molecule has 0 spiro atoms. The van der Waals surface area contributed by atoms with Crippen molar-refractivity contribution in [3.63, 3.8) is 0 Å². The molecule has 2 rings (SSSR count). The summed E-state index contributed by atoms with van der Waals surface area (Å²) in [6, 6.07) is 6.42. The molecule has 0 bridgehead atoms. The van der Waals surface area contributed by atoms with Crippen LogP contribution in [0.2, 0.25) is 0 Å². The first-order valence-corrected chi connectivity index (χ1v) is 6.96. The molecule has 1 N–H and O–H groups in total. The zero-order chi connectivity index (χ0) is 14.8. The lowest BCUT2D eigenvalue weighted by Gasteiger charge is -2.33. The highest BCUT2D eigenvalue weighted by Gasteiger charge is 2.32. The second-order valence-electron chi connectivity index (χ2n) is 5.65. The van der Waals surface area contributed by atoms with Crippen molar-refractivity contribution in [2.24, 2.45) is 11.8 Å². The number of alkyl halides is 3. The smallest absolute Gasteiger partial charge is 0.404 e. The van der Waals surface area contributed by atoms with Crippen molar-refractivity contribution < 1.29 is 17.9 Å². The van der Waals surface area contributed by atoms with Crippen LogP contribution in [0.4, 0.5) is 18.9 Å². The Labute approximate surface area is 117 Å². The predicted octanol–water partition coefficient (Wildman–Crippen LogP) is 4.82. The van der Waals surface area contributed by atoms with Gasteiger partial charge < -0.3 is 10.1 Å². The average molecular weight is 287 g/mol. The first kappa shape index (κ1) is 15.0. The average Bonchev–Trinajstić information content (AvgIpc) is 2.34. The largest absolute Gasteiger partial charge is 0.573 e. The van der Waals surface area contributed by atoms with E-state index in [1.165, 1.54) is 12.1 Å². The number of rotatable bonds is 3. The minimum absolute atomic E-state index is 0.161. The van der Waals surface area contributed by atoms with Gasteiger partial charge in [0.05, 0.1) is 5.69 Å². The Morgan fingerprint density at radius 1 is 1.10 bits per heavy atom. The molecule has 1 fully saturated rings. The van der Waals surface area contributed by atoms with E-state index in [2.05, 4.69) is 23.9 Å². The quantitative estimate of drug-likeness (QED) is 0.860. The van der Waals surface area contributed by atoms with E-state index in [-0.39, 0.29) is 11.8 Å². The molecule has 2 nitrogen and oxygen atoms in total. The van der Waals surface area contributed by atoms with Crippen molar-refractivity contribution in [3.05, 3.63) is 24.3 Å². The number of para-hydroxylation sites is 2. The Bertz CT molecular complexity index is 447. The standard InChI is InChI=1S/C15H20F3NO/c1-10-7-8-12(9-11(10)2)19-13-5-3-4-6-14(13)20-15(16,17)18/h3-6,10-12,19H,7-9H2,1-2H3. The Balaban J connectivity index is 2.06. The molecular weight excluding hydrogens is 267 g/mol. The van der Waals surface area contributed by atoms with Gasteiger partial charge in [-0.15, -0.1) is 13.2 Å². The molecule has 20 heavy (non-hydrogen) atoms. The van der Waals surface area contributed by atoms with Crippen LogP contribution < -0.4 is 10.1 Å². The second-order valence-corrected chi connectivity index (χ2v) is 5.65. The fourth-order valence-corrected chi connectivity index (χ4v) is 2.70. The van der Waals surface area contributed by atoms with Gasteiger partial charge in [-0.05, 0) is 43.2 Å². The van der Waals surface area contributed by atoms with Crippen molar-refractivity contribution in [2.45, 2.75) is 45.5 Å². The lowest BCUT2D eigenvalue weighted by molar-refractivity contribution is -0.274. The maximum Gasteiger partial charge on any atom is 0.573 e. The highest BCUT2D eigenvalue weighted by atomic mass is 19.4. The van der Waals surface area contributed by atoms with Gasteiger partial charge in [-0.2, -0.15) is 0 Å². The molecule has 112 valence electrons. The monoisotopic (exact) mass is 287 g/mol. The molecule has 0 aromatic heterocycles. The van der Waals surface area contributed by atoms with Crippen LogP contribution >= 0.6 is 0 Å². The van der Waals surface area contributed by atoms with Gasteiger partial charge in [0.1, 0.15) is 0 Å². The predicted molar refractivity (Wildman–Crippen MR) is 72.7 cm³/mol. The summed E-state index contributed by atoms with van der Waals surface area (Å²) in [6.45, 7) is 4.41. The van der Waals surface area contributed by atoms with Gasteiger partial charge in [0.2, 0.25) is 0 Å². The van der Waals surface area contributed by atoms with Gasteiger partial charge in [0.25, 0.3) is 0 Å². The normalized spacial score (nSPS) is 27.1. The summed E-state index contributed by atoms with van der Waals surface area (Å²) in [5.41, 5.74) is 0.413. The number of hydrogen-bond donors (Lipinski definition) is 1. The molecule has 1 saturated carbocycles. The number of halogens is 3. The van der Waals surface area contributed by atoms with Crippen LogP contribution in [0.25, 0.3) is 0 Å². The third kappa shape index (κ3) is 4.05. The van der Waals surface area contributed by atoms with Crippen LogP contribution in [0.1, 0.15) is 33.1 Å². The summed E-state index contributed by atoms with van der Waals surface area (Å²) in [5, 5.41) is 3.20. The lowest BCUT2D eigenvalue weighted by Crippen LogP contribution is -2.30. The van der Waals surface area contributed by atoms with Crippen LogP contribution in [0.3, 0.4) is 0 Å². The third-order valence-electron chi connectivity index (χ3n) is 4.07. The third-order valence-corrected chi connectivity index (χ3v) is 4.07. The van der Waals surface area contributed by atoms with Crippen molar-refractivity contribution in [1.29, 1.82) is 0 Å². The van der Waals surface area contributed by atoms with Crippen LogP contribution in [0, 0.1) is 11.8 Å². The SMILES string of the molecule is CC1CCC(Nc2ccccc2OC(F)(F)F)CC1C. The molecule has 1 aromatic rings. The molecule has 5 heteroatoms. The van der Waals surface area contributed by atoms with Crippen molar-refractivity contribution in [1.82, 2.24) is 0 Å². The van der Waals surface area contributed by atoms with Crippen molar-refractivity contribution in [2.75, 3.05) is 5.32 Å². The topological polar surface area (TPSA) is 21.3 Å². The Morgan fingerprint density at radius 3 is 2.45 bits per heavy atom. The Hall–Kier alpha value is -1.39. The van der Waals surface area contributed by atoms with E-state index in [9.17, 15) is 13.2 Å². The first-order chi connectivity index (χ1) is 9.35. The van der Waals surface area contributed by atoms with E-state index < -0.39 is 6.36 Å². The van der Waals surface area contributed by atoms with Crippen LogP contribution in [0.15, 0.2) is 24.3 Å². The molecule has 0 amide bonds.